The maximum atomic E-state index is 9.43. The molecule has 0 fully saturated rings. The number of phenolic OH excluding ortho intramolecular Hbond substituents is 1. The average molecular weight is 203 g/mol. The van der Waals surface area contributed by atoms with E-state index in [1.807, 2.05) is 12.1 Å². The second-order valence-corrected chi connectivity index (χ2v) is 3.50. The van der Waals surface area contributed by atoms with Crippen LogP contribution in [0.5, 0.6) is 5.75 Å². The van der Waals surface area contributed by atoms with Crippen molar-refractivity contribution in [2.24, 2.45) is 0 Å². The van der Waals surface area contributed by atoms with Crippen molar-refractivity contribution in [1.82, 2.24) is 0 Å². The SMILES string of the molecule is Oc1cc(S)ccc1CCCCl. The van der Waals surface area contributed by atoms with Crippen molar-refractivity contribution in [1.29, 1.82) is 0 Å². The number of aryl methyl sites for hydroxylation is 1. The van der Waals surface area contributed by atoms with Gasteiger partial charge in [0, 0.05) is 10.8 Å². The van der Waals surface area contributed by atoms with Crippen LogP contribution in [-0.4, -0.2) is 11.0 Å². The quantitative estimate of drug-likeness (QED) is 0.571. The summed E-state index contributed by atoms with van der Waals surface area (Å²) in [4.78, 5) is 0.780. The Balaban J connectivity index is 2.72. The molecular formula is C9H11ClOS. The summed E-state index contributed by atoms with van der Waals surface area (Å²) in [6.45, 7) is 0. The van der Waals surface area contributed by atoms with E-state index in [1.165, 1.54) is 0 Å². The predicted octanol–water partition coefficient (Wildman–Crippen LogP) is 2.85. The molecule has 0 aliphatic carbocycles. The van der Waals surface area contributed by atoms with Gasteiger partial charge in [-0.3, -0.25) is 0 Å². The third-order valence-electron chi connectivity index (χ3n) is 1.65. The summed E-state index contributed by atoms with van der Waals surface area (Å²) in [7, 11) is 0. The number of aromatic hydroxyl groups is 1. The third kappa shape index (κ3) is 2.61. The number of hydrogen-bond acceptors (Lipinski definition) is 2. The topological polar surface area (TPSA) is 20.2 Å². The minimum atomic E-state index is 0.313. The van der Waals surface area contributed by atoms with Gasteiger partial charge in [0.05, 0.1) is 0 Å². The highest BCUT2D eigenvalue weighted by Crippen LogP contribution is 2.21. The van der Waals surface area contributed by atoms with Crippen LogP contribution in [0.4, 0.5) is 0 Å². The Bertz CT molecular complexity index is 263. The van der Waals surface area contributed by atoms with Crippen LogP contribution in [0, 0.1) is 0 Å². The molecule has 3 heteroatoms. The molecule has 12 heavy (non-hydrogen) atoms. The summed E-state index contributed by atoms with van der Waals surface area (Å²) in [6, 6.07) is 5.39. The standard InChI is InChI=1S/C9H11ClOS/c10-5-1-2-7-3-4-8(12)6-9(7)11/h3-4,6,11-12H,1-2,5H2. The van der Waals surface area contributed by atoms with Crippen molar-refractivity contribution in [2.45, 2.75) is 17.7 Å². The van der Waals surface area contributed by atoms with Crippen LogP contribution in [0.25, 0.3) is 0 Å². The van der Waals surface area contributed by atoms with Crippen LogP contribution in [0.2, 0.25) is 0 Å². The Morgan fingerprint density at radius 2 is 2.17 bits per heavy atom. The second-order valence-electron chi connectivity index (χ2n) is 2.61. The van der Waals surface area contributed by atoms with Crippen molar-refractivity contribution in [3.63, 3.8) is 0 Å². The molecule has 1 aromatic rings. The lowest BCUT2D eigenvalue weighted by Crippen LogP contribution is -1.86. The number of phenols is 1. The van der Waals surface area contributed by atoms with Crippen LogP contribution in [-0.2, 0) is 6.42 Å². The predicted molar refractivity (Wildman–Crippen MR) is 54.4 cm³/mol. The fourth-order valence-corrected chi connectivity index (χ4v) is 1.35. The van der Waals surface area contributed by atoms with E-state index in [-0.39, 0.29) is 0 Å². The first-order valence-corrected chi connectivity index (χ1v) is 4.79. The molecule has 0 aromatic heterocycles. The minimum absolute atomic E-state index is 0.313. The van der Waals surface area contributed by atoms with Gasteiger partial charge in [-0.2, -0.15) is 0 Å². The van der Waals surface area contributed by atoms with E-state index in [9.17, 15) is 5.11 Å². The smallest absolute Gasteiger partial charge is 0.119 e. The zero-order chi connectivity index (χ0) is 8.97. The van der Waals surface area contributed by atoms with Gasteiger partial charge in [0.2, 0.25) is 0 Å². The van der Waals surface area contributed by atoms with Gasteiger partial charge in [0.1, 0.15) is 5.75 Å². The summed E-state index contributed by atoms with van der Waals surface area (Å²) < 4.78 is 0. The molecule has 0 unspecified atom stereocenters. The Labute approximate surface area is 82.8 Å². The molecule has 0 saturated carbocycles. The summed E-state index contributed by atoms with van der Waals surface area (Å²) in [5.41, 5.74) is 0.938. The van der Waals surface area contributed by atoms with Gasteiger partial charge in [-0.05, 0) is 30.5 Å². The molecule has 0 spiro atoms. The van der Waals surface area contributed by atoms with E-state index in [0.717, 1.165) is 23.3 Å². The second kappa shape index (κ2) is 4.63. The lowest BCUT2D eigenvalue weighted by Gasteiger charge is -2.03. The van der Waals surface area contributed by atoms with Crippen molar-refractivity contribution in [3.8, 4) is 5.75 Å². The fourth-order valence-electron chi connectivity index (χ4n) is 1.02. The van der Waals surface area contributed by atoms with E-state index in [4.69, 9.17) is 11.6 Å². The molecule has 0 heterocycles. The molecule has 0 amide bonds. The molecule has 0 aliphatic heterocycles. The molecule has 0 radical (unpaired) electrons. The molecule has 0 saturated heterocycles. The van der Waals surface area contributed by atoms with Gasteiger partial charge in [-0.1, -0.05) is 6.07 Å². The maximum Gasteiger partial charge on any atom is 0.119 e. The Morgan fingerprint density at radius 3 is 2.75 bits per heavy atom. The zero-order valence-electron chi connectivity index (χ0n) is 6.63. The number of hydrogen-bond donors (Lipinski definition) is 2. The van der Waals surface area contributed by atoms with E-state index in [1.54, 1.807) is 6.07 Å². The molecule has 0 atom stereocenters. The molecule has 1 aromatic carbocycles. The highest BCUT2D eigenvalue weighted by atomic mass is 35.5. The number of rotatable bonds is 3. The lowest BCUT2D eigenvalue weighted by molar-refractivity contribution is 0.466. The first-order chi connectivity index (χ1) is 5.74. The molecular weight excluding hydrogens is 192 g/mol. The van der Waals surface area contributed by atoms with E-state index >= 15 is 0 Å². The highest BCUT2D eigenvalue weighted by Gasteiger charge is 1.99. The molecule has 1 rings (SSSR count). The normalized spacial score (nSPS) is 10.2. The molecule has 1 N–H and O–H groups in total. The first-order valence-electron chi connectivity index (χ1n) is 3.81. The first kappa shape index (κ1) is 9.75. The largest absolute Gasteiger partial charge is 0.508 e. The average Bonchev–Trinajstić information content (AvgIpc) is 2.03. The number of halogens is 1. The van der Waals surface area contributed by atoms with Crippen LogP contribution in [0.3, 0.4) is 0 Å². The molecule has 0 bridgehead atoms. The highest BCUT2D eigenvalue weighted by molar-refractivity contribution is 7.80. The van der Waals surface area contributed by atoms with Crippen molar-refractivity contribution < 1.29 is 5.11 Å². The minimum Gasteiger partial charge on any atom is -0.508 e. The van der Waals surface area contributed by atoms with Gasteiger partial charge in [0.15, 0.2) is 0 Å². The van der Waals surface area contributed by atoms with Crippen molar-refractivity contribution in [3.05, 3.63) is 23.8 Å². The van der Waals surface area contributed by atoms with Crippen LogP contribution in [0.15, 0.2) is 23.1 Å². The number of thiol groups is 1. The third-order valence-corrected chi connectivity index (χ3v) is 2.19. The van der Waals surface area contributed by atoms with Gasteiger partial charge in [0.25, 0.3) is 0 Å². The summed E-state index contributed by atoms with van der Waals surface area (Å²) in [6.07, 6.45) is 1.71. The van der Waals surface area contributed by atoms with Gasteiger partial charge < -0.3 is 5.11 Å². The lowest BCUT2D eigenvalue weighted by atomic mass is 10.1. The number of benzene rings is 1. The Kier molecular flexibility index (Phi) is 3.76. The van der Waals surface area contributed by atoms with Crippen LogP contribution >= 0.6 is 24.2 Å². The number of alkyl halides is 1. The van der Waals surface area contributed by atoms with E-state index < -0.39 is 0 Å². The summed E-state index contributed by atoms with van der Waals surface area (Å²) >= 11 is 9.64. The van der Waals surface area contributed by atoms with E-state index in [2.05, 4.69) is 12.6 Å². The van der Waals surface area contributed by atoms with Crippen LogP contribution in [0.1, 0.15) is 12.0 Å². The summed E-state index contributed by atoms with van der Waals surface area (Å²) in [5.74, 6) is 0.940. The zero-order valence-corrected chi connectivity index (χ0v) is 8.28. The molecule has 0 aliphatic rings. The van der Waals surface area contributed by atoms with E-state index in [0.29, 0.717) is 11.6 Å². The van der Waals surface area contributed by atoms with Crippen molar-refractivity contribution in [2.75, 3.05) is 5.88 Å². The van der Waals surface area contributed by atoms with Gasteiger partial charge >= 0.3 is 0 Å². The van der Waals surface area contributed by atoms with Crippen LogP contribution < -0.4 is 0 Å². The fraction of sp³-hybridized carbons (Fsp3) is 0.333. The maximum absolute atomic E-state index is 9.43. The Hall–Kier alpha value is -0.340. The van der Waals surface area contributed by atoms with Gasteiger partial charge in [-0.15, -0.1) is 24.2 Å². The molecule has 1 nitrogen and oxygen atoms in total. The molecule has 66 valence electrons. The monoisotopic (exact) mass is 202 g/mol. The summed E-state index contributed by atoms with van der Waals surface area (Å²) in [5, 5.41) is 9.43. The van der Waals surface area contributed by atoms with Crippen molar-refractivity contribution >= 4 is 24.2 Å². The van der Waals surface area contributed by atoms with Gasteiger partial charge in [-0.25, -0.2) is 0 Å². The Morgan fingerprint density at radius 1 is 1.42 bits per heavy atom.